The highest BCUT2D eigenvalue weighted by atomic mass is 16.5. The van der Waals surface area contributed by atoms with Crippen LogP contribution >= 0.6 is 0 Å². The lowest BCUT2D eigenvalue weighted by atomic mass is 9.44. The molecule has 1 saturated heterocycles. The maximum atomic E-state index is 7.29. The molecule has 1 fully saturated rings. The zero-order valence-corrected chi connectivity index (χ0v) is 22.8. The van der Waals surface area contributed by atoms with Gasteiger partial charge in [-0.15, -0.1) is 0 Å². The quantitative estimate of drug-likeness (QED) is 0.223. The van der Waals surface area contributed by atoms with E-state index in [4.69, 9.17) is 4.74 Å². The van der Waals surface area contributed by atoms with Gasteiger partial charge in [0, 0.05) is 34.3 Å². The maximum absolute atomic E-state index is 7.29. The summed E-state index contributed by atoms with van der Waals surface area (Å²) in [5, 5.41) is 6.96. The predicted octanol–water partition coefficient (Wildman–Crippen LogP) is 7.47. The number of likely N-dealkylation sites (N-methyl/N-ethyl adjacent to an activating group) is 1. The summed E-state index contributed by atoms with van der Waals surface area (Å²) in [6, 6.07) is 23.4. The van der Waals surface area contributed by atoms with E-state index in [0.717, 1.165) is 32.4 Å². The fourth-order valence-electron chi connectivity index (χ4n) is 9.76. The van der Waals surface area contributed by atoms with Gasteiger partial charge in [0.05, 0.1) is 16.6 Å². The smallest absolute Gasteiger partial charge is 0.149 e. The first-order valence-electron chi connectivity index (χ1n) is 14.4. The monoisotopic (exact) mass is 498 g/mol. The minimum absolute atomic E-state index is 0.0268. The average Bonchev–Trinajstić information content (AvgIpc) is 3.45. The van der Waals surface area contributed by atoms with Crippen molar-refractivity contribution in [1.82, 2.24) is 9.47 Å². The van der Waals surface area contributed by atoms with Gasteiger partial charge in [0.15, 0.2) is 0 Å². The summed E-state index contributed by atoms with van der Waals surface area (Å²) in [7, 11) is 2.36. The average molecular weight is 499 g/mol. The van der Waals surface area contributed by atoms with Crippen LogP contribution in [0.5, 0.6) is 5.75 Å². The third-order valence-electron chi connectivity index (χ3n) is 11.3. The first-order valence-corrected chi connectivity index (χ1v) is 14.4. The first-order chi connectivity index (χ1) is 18.5. The number of rotatable bonds is 1. The van der Waals surface area contributed by atoms with Gasteiger partial charge in [0.1, 0.15) is 11.9 Å². The van der Waals surface area contributed by atoms with Crippen LogP contribution in [0.3, 0.4) is 0 Å². The molecule has 2 bridgehead atoms. The summed E-state index contributed by atoms with van der Waals surface area (Å²) in [6.45, 7) is 9.28. The van der Waals surface area contributed by atoms with E-state index in [0.29, 0.717) is 6.04 Å². The van der Waals surface area contributed by atoms with Crippen LogP contribution in [0.1, 0.15) is 54.3 Å². The van der Waals surface area contributed by atoms with Gasteiger partial charge < -0.3 is 14.2 Å². The Bertz CT molecular complexity index is 1860. The zero-order chi connectivity index (χ0) is 25.6. The number of hydrogen-bond acceptors (Lipinski definition) is 2. The van der Waals surface area contributed by atoms with E-state index in [-0.39, 0.29) is 16.9 Å². The van der Waals surface area contributed by atoms with Gasteiger partial charge in [-0.2, -0.15) is 0 Å². The van der Waals surface area contributed by atoms with Crippen LogP contribution in [0.15, 0.2) is 60.7 Å². The Morgan fingerprint density at radius 1 is 0.947 bits per heavy atom. The van der Waals surface area contributed by atoms with E-state index < -0.39 is 0 Å². The van der Waals surface area contributed by atoms with Crippen LogP contribution in [0, 0.1) is 12.3 Å². The molecule has 4 aromatic carbocycles. The molecule has 190 valence electrons. The zero-order valence-electron chi connectivity index (χ0n) is 22.8. The minimum Gasteiger partial charge on any atom is -0.483 e. The highest BCUT2D eigenvalue weighted by molar-refractivity contribution is 6.25. The normalized spacial score (nSPS) is 29.1. The van der Waals surface area contributed by atoms with Crippen molar-refractivity contribution in [2.45, 2.75) is 64.1 Å². The molecule has 9 rings (SSSR count). The summed E-state index contributed by atoms with van der Waals surface area (Å²) >= 11 is 0. The number of aryl methyl sites for hydroxylation is 2. The molecule has 0 saturated carbocycles. The van der Waals surface area contributed by atoms with Gasteiger partial charge in [0.25, 0.3) is 0 Å². The molecule has 38 heavy (non-hydrogen) atoms. The molecule has 3 heteroatoms. The van der Waals surface area contributed by atoms with Crippen molar-refractivity contribution in [2.75, 3.05) is 13.6 Å². The highest BCUT2D eigenvalue weighted by Gasteiger charge is 2.70. The van der Waals surface area contributed by atoms with E-state index in [9.17, 15) is 0 Å². The molecule has 0 N–H and O–H groups in total. The molecule has 4 aliphatic rings. The van der Waals surface area contributed by atoms with Crippen LogP contribution < -0.4 is 4.74 Å². The van der Waals surface area contributed by atoms with Gasteiger partial charge >= 0.3 is 0 Å². The largest absolute Gasteiger partial charge is 0.483 e. The summed E-state index contributed by atoms with van der Waals surface area (Å²) in [5.41, 5.74) is 8.92. The molecule has 2 aliphatic heterocycles. The van der Waals surface area contributed by atoms with Crippen molar-refractivity contribution >= 4 is 32.4 Å². The van der Waals surface area contributed by atoms with Gasteiger partial charge in [0.2, 0.25) is 0 Å². The van der Waals surface area contributed by atoms with Crippen molar-refractivity contribution in [3.05, 3.63) is 88.6 Å². The van der Waals surface area contributed by atoms with Gasteiger partial charge in [-0.05, 0) is 79.6 Å². The molecule has 5 aromatic rings. The Kier molecular flexibility index (Phi) is 3.88. The van der Waals surface area contributed by atoms with Gasteiger partial charge in [-0.25, -0.2) is 0 Å². The minimum atomic E-state index is 0.0268. The lowest BCUT2D eigenvalue weighted by molar-refractivity contribution is -0.0913. The number of fused-ring (bicyclic) bond motifs is 9. The van der Waals surface area contributed by atoms with E-state index in [1.807, 2.05) is 0 Å². The lowest BCUT2D eigenvalue weighted by Crippen LogP contribution is -2.68. The molecule has 0 amide bonds. The Morgan fingerprint density at radius 3 is 2.42 bits per heavy atom. The SMILES string of the molecule is CCn1c2c(c3c4ccccc4c4ccccc4c31)C[C@@]1(C)[C@H]3Cc4ccc(C)c5c4[C@@]1(CCN3C)[C@H]2O5. The highest BCUT2D eigenvalue weighted by Crippen LogP contribution is 2.71. The van der Waals surface area contributed by atoms with Crippen molar-refractivity contribution in [1.29, 1.82) is 0 Å². The molecule has 1 spiro atoms. The number of ether oxygens (including phenoxy) is 1. The van der Waals surface area contributed by atoms with Crippen LogP contribution in [0.2, 0.25) is 0 Å². The van der Waals surface area contributed by atoms with Crippen LogP contribution in [-0.2, 0) is 24.8 Å². The predicted molar refractivity (Wildman–Crippen MR) is 155 cm³/mol. The van der Waals surface area contributed by atoms with Gasteiger partial charge in [-0.1, -0.05) is 67.6 Å². The fourth-order valence-corrected chi connectivity index (χ4v) is 9.76. The third-order valence-corrected chi connectivity index (χ3v) is 11.3. The van der Waals surface area contributed by atoms with Gasteiger partial charge in [-0.3, -0.25) is 0 Å². The van der Waals surface area contributed by atoms with Crippen LogP contribution in [0.25, 0.3) is 32.4 Å². The second-order valence-corrected chi connectivity index (χ2v) is 12.7. The number of piperidine rings is 1. The summed E-state index contributed by atoms with van der Waals surface area (Å²) in [4.78, 5) is 2.67. The van der Waals surface area contributed by atoms with E-state index in [1.54, 1.807) is 11.1 Å². The van der Waals surface area contributed by atoms with Crippen molar-refractivity contribution in [3.8, 4) is 5.75 Å². The molecule has 0 radical (unpaired) electrons. The van der Waals surface area contributed by atoms with E-state index >= 15 is 0 Å². The fraction of sp³-hybridized carbons (Fsp3) is 0.371. The summed E-state index contributed by atoms with van der Waals surface area (Å²) in [6.07, 6.45) is 3.46. The lowest BCUT2D eigenvalue weighted by Gasteiger charge is -2.64. The molecule has 1 aromatic heterocycles. The second kappa shape index (κ2) is 6.82. The Hall–Kier alpha value is -3.30. The molecule has 3 heterocycles. The van der Waals surface area contributed by atoms with Crippen molar-refractivity contribution in [2.24, 2.45) is 5.41 Å². The Morgan fingerprint density at radius 2 is 1.66 bits per heavy atom. The third kappa shape index (κ3) is 2.15. The Labute approximate surface area is 224 Å². The van der Waals surface area contributed by atoms with Crippen molar-refractivity contribution in [3.63, 3.8) is 0 Å². The van der Waals surface area contributed by atoms with Crippen LogP contribution in [0.4, 0.5) is 0 Å². The standard InChI is InChI=1S/C35H34N2O/c1-5-37-30-25-13-9-7-11-23(25)22-10-6-8-12-24(22)28(30)26-19-34(3)27-18-21-15-14-20(2)32-29(21)35(34,16-17-36(27)4)33(38-32)31(26)37/h6-15,27,33H,5,16-19H2,1-4H3/t27-,33+,34+,35+/m1/s1. The van der Waals surface area contributed by atoms with Crippen LogP contribution in [-0.4, -0.2) is 29.1 Å². The summed E-state index contributed by atoms with van der Waals surface area (Å²) in [5.74, 6) is 1.19. The molecule has 4 atom stereocenters. The summed E-state index contributed by atoms with van der Waals surface area (Å²) < 4.78 is 9.95. The molecular formula is C35H34N2O. The first kappa shape index (κ1) is 21.6. The Balaban J connectivity index is 1.49. The number of hydrogen-bond donors (Lipinski definition) is 0. The second-order valence-electron chi connectivity index (χ2n) is 12.7. The number of likely N-dealkylation sites (tertiary alicyclic amines) is 1. The topological polar surface area (TPSA) is 17.4 Å². The van der Waals surface area contributed by atoms with Crippen molar-refractivity contribution < 1.29 is 4.74 Å². The van der Waals surface area contributed by atoms with E-state index in [2.05, 4.69) is 97.9 Å². The number of nitrogens with zero attached hydrogens (tertiary/aromatic N) is 2. The molecule has 3 nitrogen and oxygen atoms in total. The molecule has 2 aliphatic carbocycles. The maximum Gasteiger partial charge on any atom is 0.149 e. The number of aromatic nitrogens is 1. The number of benzene rings is 4. The molecule has 0 unspecified atom stereocenters. The molecular weight excluding hydrogens is 464 g/mol. The van der Waals surface area contributed by atoms with E-state index in [1.165, 1.54) is 55.0 Å².